The van der Waals surface area contributed by atoms with Gasteiger partial charge in [-0.15, -0.1) is 0 Å². The molecule has 3 aromatic rings. The molecule has 0 atom stereocenters. The first kappa shape index (κ1) is 24.6. The van der Waals surface area contributed by atoms with Crippen molar-refractivity contribution in [1.82, 2.24) is 0 Å². The van der Waals surface area contributed by atoms with E-state index in [2.05, 4.69) is 9.44 Å². The number of ether oxygens (including phenoxy) is 1. The van der Waals surface area contributed by atoms with Gasteiger partial charge in [0.2, 0.25) is 0 Å². The van der Waals surface area contributed by atoms with Crippen molar-refractivity contribution >= 4 is 31.4 Å². The standard InChI is InChI=1S/C24H28N2O5S2/c1-15-16(2)18(4)24(19(5)17(15)3)33(29,30)26-21-9-13-23(14-10-21)32(27,28)25-20-7-11-22(31-6)12-8-20/h7-14,25-26H,1-6H3. The van der Waals surface area contributed by atoms with Crippen LogP contribution in [0, 0.1) is 34.6 Å². The van der Waals surface area contributed by atoms with Gasteiger partial charge in [0.05, 0.1) is 16.9 Å². The molecule has 0 unspecified atom stereocenters. The van der Waals surface area contributed by atoms with E-state index in [9.17, 15) is 16.8 Å². The van der Waals surface area contributed by atoms with Gasteiger partial charge in [-0.25, -0.2) is 16.8 Å². The second-order valence-corrected chi connectivity index (χ2v) is 11.2. The van der Waals surface area contributed by atoms with Crippen LogP contribution < -0.4 is 14.2 Å². The predicted molar refractivity (Wildman–Crippen MR) is 131 cm³/mol. The lowest BCUT2D eigenvalue weighted by molar-refractivity contribution is 0.415. The van der Waals surface area contributed by atoms with Crippen molar-refractivity contribution in [3.8, 4) is 5.75 Å². The molecule has 2 N–H and O–H groups in total. The van der Waals surface area contributed by atoms with Gasteiger partial charge in [-0.05, 0) is 111 Å². The van der Waals surface area contributed by atoms with E-state index in [1.54, 1.807) is 38.1 Å². The smallest absolute Gasteiger partial charge is 0.262 e. The highest BCUT2D eigenvalue weighted by Crippen LogP contribution is 2.31. The summed E-state index contributed by atoms with van der Waals surface area (Å²) in [5.41, 5.74) is 5.00. The van der Waals surface area contributed by atoms with Gasteiger partial charge in [0.25, 0.3) is 20.0 Å². The number of methoxy groups -OCH3 is 1. The van der Waals surface area contributed by atoms with E-state index >= 15 is 0 Å². The van der Waals surface area contributed by atoms with Crippen molar-refractivity contribution in [2.24, 2.45) is 0 Å². The first-order valence-corrected chi connectivity index (χ1v) is 13.2. The third kappa shape index (κ3) is 4.99. The van der Waals surface area contributed by atoms with Crippen LogP contribution in [0.15, 0.2) is 58.3 Å². The molecular weight excluding hydrogens is 460 g/mol. The Morgan fingerprint density at radius 2 is 0.970 bits per heavy atom. The number of nitrogens with one attached hydrogen (secondary N) is 2. The Morgan fingerprint density at radius 1 is 0.576 bits per heavy atom. The fourth-order valence-electron chi connectivity index (χ4n) is 3.65. The molecule has 0 aliphatic rings. The van der Waals surface area contributed by atoms with Crippen LogP contribution in [0.4, 0.5) is 11.4 Å². The number of hydrogen-bond acceptors (Lipinski definition) is 5. The molecule has 0 aromatic heterocycles. The lowest BCUT2D eigenvalue weighted by atomic mass is 9.95. The lowest BCUT2D eigenvalue weighted by Crippen LogP contribution is -2.18. The van der Waals surface area contributed by atoms with Gasteiger partial charge in [-0.1, -0.05) is 0 Å². The number of hydrogen-bond donors (Lipinski definition) is 2. The SMILES string of the molecule is COc1ccc(NS(=O)(=O)c2ccc(NS(=O)(=O)c3c(C)c(C)c(C)c(C)c3C)cc2)cc1. The second-order valence-electron chi connectivity index (χ2n) is 7.92. The molecule has 0 heterocycles. The van der Waals surface area contributed by atoms with Gasteiger partial charge in [0, 0.05) is 11.4 Å². The second kappa shape index (κ2) is 9.07. The monoisotopic (exact) mass is 488 g/mol. The molecule has 0 saturated heterocycles. The first-order chi connectivity index (χ1) is 15.4. The molecule has 0 spiro atoms. The molecule has 33 heavy (non-hydrogen) atoms. The average Bonchev–Trinajstić information content (AvgIpc) is 2.76. The summed E-state index contributed by atoms with van der Waals surface area (Å²) in [4.78, 5) is 0.261. The Labute approximate surface area is 195 Å². The maximum absolute atomic E-state index is 13.2. The highest BCUT2D eigenvalue weighted by Gasteiger charge is 2.24. The predicted octanol–water partition coefficient (Wildman–Crippen LogP) is 4.84. The molecule has 0 amide bonds. The zero-order chi connectivity index (χ0) is 24.6. The Bertz CT molecular complexity index is 1370. The Morgan fingerprint density at radius 3 is 1.42 bits per heavy atom. The normalized spacial score (nSPS) is 11.8. The number of rotatable bonds is 7. The van der Waals surface area contributed by atoms with Gasteiger partial charge in [-0.3, -0.25) is 9.44 Å². The Balaban J connectivity index is 1.86. The molecule has 0 aliphatic heterocycles. The highest BCUT2D eigenvalue weighted by molar-refractivity contribution is 7.93. The molecule has 9 heteroatoms. The topological polar surface area (TPSA) is 102 Å². The number of anilines is 2. The maximum atomic E-state index is 13.2. The third-order valence-electron chi connectivity index (χ3n) is 5.96. The molecule has 7 nitrogen and oxygen atoms in total. The molecule has 0 saturated carbocycles. The van der Waals surface area contributed by atoms with Crippen molar-refractivity contribution in [3.05, 3.63) is 76.3 Å². The molecule has 0 radical (unpaired) electrons. The summed E-state index contributed by atoms with van der Waals surface area (Å²) < 4.78 is 61.9. The van der Waals surface area contributed by atoms with Gasteiger partial charge >= 0.3 is 0 Å². The quantitative estimate of drug-likeness (QED) is 0.496. The summed E-state index contributed by atoms with van der Waals surface area (Å²) in [6.45, 7) is 9.39. The largest absolute Gasteiger partial charge is 0.497 e. The average molecular weight is 489 g/mol. The van der Waals surface area contributed by atoms with E-state index < -0.39 is 20.0 Å². The first-order valence-electron chi connectivity index (χ1n) is 10.2. The summed E-state index contributed by atoms with van der Waals surface area (Å²) in [5, 5.41) is 0. The van der Waals surface area contributed by atoms with E-state index in [0.717, 1.165) is 16.7 Å². The van der Waals surface area contributed by atoms with Crippen LogP contribution in [0.5, 0.6) is 5.75 Å². The van der Waals surface area contributed by atoms with Crippen molar-refractivity contribution in [1.29, 1.82) is 0 Å². The molecular formula is C24H28N2O5S2. The molecule has 0 fully saturated rings. The molecule has 3 rings (SSSR count). The molecule has 0 bridgehead atoms. The zero-order valence-electron chi connectivity index (χ0n) is 19.5. The zero-order valence-corrected chi connectivity index (χ0v) is 21.1. The highest BCUT2D eigenvalue weighted by atomic mass is 32.2. The van der Waals surface area contributed by atoms with Crippen LogP contribution in [0.25, 0.3) is 0 Å². The van der Waals surface area contributed by atoms with Crippen molar-refractivity contribution in [2.75, 3.05) is 16.6 Å². The van der Waals surface area contributed by atoms with Gasteiger partial charge in [-0.2, -0.15) is 0 Å². The maximum Gasteiger partial charge on any atom is 0.262 e. The van der Waals surface area contributed by atoms with Crippen LogP contribution in [-0.2, 0) is 20.0 Å². The number of sulfonamides is 2. The van der Waals surface area contributed by atoms with Crippen LogP contribution in [0.2, 0.25) is 0 Å². The fraction of sp³-hybridized carbons (Fsp3) is 0.250. The fourth-order valence-corrected chi connectivity index (χ4v) is 6.37. The van der Waals surface area contributed by atoms with Crippen molar-refractivity contribution in [3.63, 3.8) is 0 Å². The van der Waals surface area contributed by atoms with E-state index in [0.29, 0.717) is 22.6 Å². The van der Waals surface area contributed by atoms with Crippen molar-refractivity contribution < 1.29 is 21.6 Å². The Kier molecular flexibility index (Phi) is 6.76. The minimum absolute atomic E-state index is 0.00986. The molecule has 176 valence electrons. The van der Waals surface area contributed by atoms with Crippen LogP contribution in [0.1, 0.15) is 27.8 Å². The van der Waals surface area contributed by atoms with Crippen LogP contribution in [0.3, 0.4) is 0 Å². The Hall–Kier alpha value is -3.04. The number of benzene rings is 3. The molecule has 3 aromatic carbocycles. The van der Waals surface area contributed by atoms with Crippen LogP contribution in [-0.4, -0.2) is 23.9 Å². The van der Waals surface area contributed by atoms with Gasteiger partial charge < -0.3 is 4.74 Å². The van der Waals surface area contributed by atoms with E-state index in [-0.39, 0.29) is 15.5 Å². The minimum atomic E-state index is -3.87. The van der Waals surface area contributed by atoms with E-state index in [1.807, 2.05) is 20.8 Å². The van der Waals surface area contributed by atoms with Crippen molar-refractivity contribution in [2.45, 2.75) is 44.4 Å². The third-order valence-corrected chi connectivity index (χ3v) is 9.01. The molecule has 0 aliphatic carbocycles. The summed E-state index contributed by atoms with van der Waals surface area (Å²) in [6.07, 6.45) is 0. The van der Waals surface area contributed by atoms with E-state index in [4.69, 9.17) is 4.74 Å². The summed E-state index contributed by atoms with van der Waals surface area (Å²) in [6, 6.07) is 12.0. The van der Waals surface area contributed by atoms with E-state index in [1.165, 1.54) is 31.4 Å². The van der Waals surface area contributed by atoms with Gasteiger partial charge in [0.1, 0.15) is 5.75 Å². The lowest BCUT2D eigenvalue weighted by Gasteiger charge is -2.19. The summed E-state index contributed by atoms with van der Waals surface area (Å²) in [7, 11) is -6.18. The van der Waals surface area contributed by atoms with Gasteiger partial charge in [0.15, 0.2) is 0 Å². The summed E-state index contributed by atoms with van der Waals surface area (Å²) in [5.74, 6) is 0.610. The summed E-state index contributed by atoms with van der Waals surface area (Å²) >= 11 is 0. The van der Waals surface area contributed by atoms with Crippen LogP contribution >= 0.6 is 0 Å². The minimum Gasteiger partial charge on any atom is -0.497 e.